The lowest BCUT2D eigenvalue weighted by Crippen LogP contribution is -2.13. The molecular weight excluding hydrogens is 308 g/mol. The number of halogens is 1. The zero-order valence-electron chi connectivity index (χ0n) is 12.5. The van der Waals surface area contributed by atoms with Crippen LogP contribution < -0.4 is 0 Å². The maximum atomic E-state index is 6.20. The van der Waals surface area contributed by atoms with Gasteiger partial charge in [0.25, 0.3) is 0 Å². The van der Waals surface area contributed by atoms with Crippen molar-refractivity contribution in [1.29, 1.82) is 0 Å². The average molecular weight is 323 g/mol. The van der Waals surface area contributed by atoms with Crippen LogP contribution >= 0.6 is 23.1 Å². The van der Waals surface area contributed by atoms with E-state index in [1.807, 2.05) is 13.8 Å². The second-order valence-corrected chi connectivity index (χ2v) is 7.11. The lowest BCUT2D eigenvalue weighted by atomic mass is 9.91. The van der Waals surface area contributed by atoms with Gasteiger partial charge in [-0.15, -0.1) is 15.3 Å². The lowest BCUT2D eigenvalue weighted by molar-refractivity contribution is 0.567. The summed E-state index contributed by atoms with van der Waals surface area (Å²) in [7, 11) is 0. The molecule has 3 rings (SSSR count). The van der Waals surface area contributed by atoms with E-state index in [0.29, 0.717) is 16.6 Å². The topological polar surface area (TPSA) is 68.9 Å². The quantitative estimate of drug-likeness (QED) is 0.688. The maximum Gasteiger partial charge on any atom is 0.198 e. The standard InChI is InChI=1S/C13H15ClN6S/c1-6-7(2)11-16-17-12(20(11)18-10(6)14)8-9(13(3,4)5)15-19-21-8/h1-5H3. The molecule has 3 aromatic heterocycles. The van der Waals surface area contributed by atoms with Gasteiger partial charge in [0.05, 0.1) is 5.69 Å². The lowest BCUT2D eigenvalue weighted by Gasteiger charge is -2.15. The van der Waals surface area contributed by atoms with E-state index in [0.717, 1.165) is 21.7 Å². The van der Waals surface area contributed by atoms with Crippen LogP contribution in [0.2, 0.25) is 5.15 Å². The Labute approximate surface area is 131 Å². The van der Waals surface area contributed by atoms with Crippen LogP contribution in [0.25, 0.3) is 16.3 Å². The van der Waals surface area contributed by atoms with Crippen molar-refractivity contribution in [1.82, 2.24) is 29.4 Å². The van der Waals surface area contributed by atoms with Gasteiger partial charge in [0, 0.05) is 11.0 Å². The Kier molecular flexibility index (Phi) is 3.22. The summed E-state index contributed by atoms with van der Waals surface area (Å²) >= 11 is 7.49. The van der Waals surface area contributed by atoms with Crippen molar-refractivity contribution in [2.75, 3.05) is 0 Å². The summed E-state index contributed by atoms with van der Waals surface area (Å²) in [4.78, 5) is 0.877. The third-order valence-corrected chi connectivity index (χ3v) is 4.52. The third kappa shape index (κ3) is 2.20. The van der Waals surface area contributed by atoms with E-state index in [9.17, 15) is 0 Å². The number of hydrogen-bond acceptors (Lipinski definition) is 6. The van der Waals surface area contributed by atoms with Gasteiger partial charge >= 0.3 is 0 Å². The smallest absolute Gasteiger partial charge is 0.190 e. The third-order valence-electron chi connectivity index (χ3n) is 3.44. The van der Waals surface area contributed by atoms with Crippen LogP contribution in [-0.2, 0) is 5.41 Å². The zero-order valence-corrected chi connectivity index (χ0v) is 14.0. The molecule has 0 N–H and O–H groups in total. The van der Waals surface area contributed by atoms with Crippen molar-refractivity contribution >= 4 is 28.8 Å². The molecular formula is C13H15ClN6S. The number of aromatic nitrogens is 6. The molecule has 8 heteroatoms. The first kappa shape index (κ1) is 14.3. The molecule has 0 amide bonds. The van der Waals surface area contributed by atoms with E-state index in [-0.39, 0.29) is 5.41 Å². The Balaban J connectivity index is 2.31. The summed E-state index contributed by atoms with van der Waals surface area (Å²) in [5.41, 5.74) is 3.36. The highest BCUT2D eigenvalue weighted by molar-refractivity contribution is 7.09. The molecule has 0 aliphatic rings. The molecule has 110 valence electrons. The molecule has 0 atom stereocenters. The normalized spacial score (nSPS) is 12.3. The maximum absolute atomic E-state index is 6.20. The number of nitrogens with zero attached hydrogens (tertiary/aromatic N) is 6. The summed E-state index contributed by atoms with van der Waals surface area (Å²) in [5.74, 6) is 0.634. The fourth-order valence-electron chi connectivity index (χ4n) is 2.06. The molecule has 0 spiro atoms. The Morgan fingerprint density at radius 1 is 1.05 bits per heavy atom. The van der Waals surface area contributed by atoms with Crippen molar-refractivity contribution < 1.29 is 0 Å². The van der Waals surface area contributed by atoms with Crippen LogP contribution in [0.15, 0.2) is 0 Å². The fraction of sp³-hybridized carbons (Fsp3) is 0.462. The molecule has 3 heterocycles. The van der Waals surface area contributed by atoms with Gasteiger partial charge in [-0.2, -0.15) is 9.61 Å². The van der Waals surface area contributed by atoms with Gasteiger partial charge in [0.1, 0.15) is 4.88 Å². The van der Waals surface area contributed by atoms with Gasteiger partial charge in [-0.25, -0.2) is 0 Å². The van der Waals surface area contributed by atoms with Crippen molar-refractivity contribution in [3.8, 4) is 10.7 Å². The largest absolute Gasteiger partial charge is 0.198 e. The molecule has 0 aromatic carbocycles. The minimum atomic E-state index is -0.127. The van der Waals surface area contributed by atoms with Crippen LogP contribution in [0, 0.1) is 13.8 Å². The van der Waals surface area contributed by atoms with Crippen LogP contribution in [0.1, 0.15) is 37.6 Å². The molecule has 3 aromatic rings. The highest BCUT2D eigenvalue weighted by Crippen LogP contribution is 2.33. The summed E-state index contributed by atoms with van der Waals surface area (Å²) in [6, 6.07) is 0. The molecule has 6 nitrogen and oxygen atoms in total. The predicted octanol–water partition coefficient (Wildman–Crippen LogP) is 3.21. The number of aryl methyl sites for hydroxylation is 1. The van der Waals surface area contributed by atoms with Crippen molar-refractivity contribution in [3.63, 3.8) is 0 Å². The number of fused-ring (bicyclic) bond motifs is 1. The van der Waals surface area contributed by atoms with Gasteiger partial charge in [0.2, 0.25) is 0 Å². The summed E-state index contributed by atoms with van der Waals surface area (Å²) in [6.45, 7) is 10.2. The van der Waals surface area contributed by atoms with E-state index in [1.165, 1.54) is 11.5 Å². The van der Waals surface area contributed by atoms with E-state index in [4.69, 9.17) is 11.6 Å². The molecule has 21 heavy (non-hydrogen) atoms. The molecule has 0 aliphatic heterocycles. The van der Waals surface area contributed by atoms with Gasteiger partial charge < -0.3 is 0 Å². The predicted molar refractivity (Wildman–Crippen MR) is 82.9 cm³/mol. The van der Waals surface area contributed by atoms with Crippen molar-refractivity contribution in [2.45, 2.75) is 40.0 Å². The summed E-state index contributed by atoms with van der Waals surface area (Å²) in [6.07, 6.45) is 0. The Hall–Kier alpha value is -1.60. The SMILES string of the molecule is Cc1c(Cl)nn2c(-c3snnc3C(C)(C)C)nnc2c1C. The Bertz CT molecular complexity index is 829. The van der Waals surface area contributed by atoms with Crippen molar-refractivity contribution in [3.05, 3.63) is 22.0 Å². The molecule has 0 bridgehead atoms. The van der Waals surface area contributed by atoms with Crippen LogP contribution in [0.3, 0.4) is 0 Å². The van der Waals surface area contributed by atoms with Crippen LogP contribution in [0.5, 0.6) is 0 Å². The van der Waals surface area contributed by atoms with Crippen LogP contribution in [0.4, 0.5) is 0 Å². The van der Waals surface area contributed by atoms with Gasteiger partial charge in [-0.05, 0) is 30.9 Å². The molecule has 0 radical (unpaired) electrons. The number of rotatable bonds is 1. The minimum absolute atomic E-state index is 0.127. The first-order valence-corrected chi connectivity index (χ1v) is 7.67. The first-order chi connectivity index (χ1) is 9.80. The van der Waals surface area contributed by atoms with E-state index >= 15 is 0 Å². The van der Waals surface area contributed by atoms with Gasteiger partial charge in [0.15, 0.2) is 16.6 Å². The van der Waals surface area contributed by atoms with Crippen LogP contribution in [-0.4, -0.2) is 29.4 Å². The van der Waals surface area contributed by atoms with Crippen molar-refractivity contribution in [2.24, 2.45) is 0 Å². The molecule has 0 saturated carbocycles. The summed E-state index contributed by atoms with van der Waals surface area (Å²) < 4.78 is 5.74. The molecule has 0 fully saturated rings. The fourth-order valence-corrected chi connectivity index (χ4v) is 3.13. The van der Waals surface area contributed by atoms with Gasteiger partial charge in [-0.3, -0.25) is 0 Å². The highest BCUT2D eigenvalue weighted by atomic mass is 35.5. The van der Waals surface area contributed by atoms with E-state index in [1.54, 1.807) is 4.52 Å². The number of hydrogen-bond donors (Lipinski definition) is 0. The summed E-state index contributed by atoms with van der Waals surface area (Å²) in [5, 5.41) is 17.6. The zero-order chi connectivity index (χ0) is 15.4. The molecule has 0 saturated heterocycles. The second kappa shape index (κ2) is 4.71. The first-order valence-electron chi connectivity index (χ1n) is 6.52. The minimum Gasteiger partial charge on any atom is -0.190 e. The Morgan fingerprint density at radius 2 is 1.76 bits per heavy atom. The average Bonchev–Trinajstić information content (AvgIpc) is 3.00. The second-order valence-electron chi connectivity index (χ2n) is 6.00. The van der Waals surface area contributed by atoms with Gasteiger partial charge in [-0.1, -0.05) is 36.9 Å². The van der Waals surface area contributed by atoms with E-state index < -0.39 is 0 Å². The monoisotopic (exact) mass is 322 g/mol. The Morgan fingerprint density at radius 3 is 2.43 bits per heavy atom. The highest BCUT2D eigenvalue weighted by Gasteiger charge is 2.27. The molecule has 0 aliphatic carbocycles. The van der Waals surface area contributed by atoms with E-state index in [2.05, 4.69) is 45.7 Å². The molecule has 0 unspecified atom stereocenters.